The molecule has 2 aromatic carbocycles. The van der Waals surface area contributed by atoms with Gasteiger partial charge in [0.2, 0.25) is 0 Å². The molecule has 0 radical (unpaired) electrons. The normalized spacial score (nSPS) is 15.0. The van der Waals surface area contributed by atoms with Crippen molar-refractivity contribution in [2.24, 2.45) is 0 Å². The number of piperidine rings is 1. The van der Waals surface area contributed by atoms with Crippen LogP contribution in [0, 0.1) is 0 Å². The number of nitrogens with one attached hydrogen (secondary N) is 1. The number of hydrogen-bond acceptors (Lipinski definition) is 7. The van der Waals surface area contributed by atoms with Crippen molar-refractivity contribution in [1.82, 2.24) is 10.2 Å². The number of alkyl halides is 6. The zero-order valence-electron chi connectivity index (χ0n) is 25.8. The molecule has 1 saturated heterocycles. The van der Waals surface area contributed by atoms with E-state index in [4.69, 9.17) is 14.2 Å². The van der Waals surface area contributed by atoms with Gasteiger partial charge in [-0.1, -0.05) is 43.7 Å². The van der Waals surface area contributed by atoms with Crippen LogP contribution in [0.1, 0.15) is 66.1 Å². The number of carbonyl (C=O) groups excluding carboxylic acids is 3. The summed E-state index contributed by atoms with van der Waals surface area (Å²) in [5.74, 6) is -1.58. The van der Waals surface area contributed by atoms with Crippen molar-refractivity contribution in [1.29, 1.82) is 0 Å². The molecule has 1 aliphatic heterocycles. The Morgan fingerprint density at radius 1 is 0.848 bits per heavy atom. The molecule has 1 N–H and O–H groups in total. The van der Waals surface area contributed by atoms with Crippen molar-refractivity contribution in [3.63, 3.8) is 0 Å². The molecular formula is C32H40F6N2O6. The number of carbonyl (C=O) groups is 3. The molecule has 256 valence electrons. The molecule has 2 aromatic rings. The molecule has 0 aliphatic carbocycles. The van der Waals surface area contributed by atoms with E-state index in [0.29, 0.717) is 51.2 Å². The highest BCUT2D eigenvalue weighted by Crippen LogP contribution is 2.37. The molecule has 1 amide bonds. The number of esters is 2. The summed E-state index contributed by atoms with van der Waals surface area (Å²) in [5, 5.41) is 2.65. The minimum Gasteiger partial charge on any atom is -0.465 e. The van der Waals surface area contributed by atoms with Crippen molar-refractivity contribution < 1.29 is 54.9 Å². The number of unbranched alkanes of at least 4 members (excludes halogenated alkanes) is 1. The van der Waals surface area contributed by atoms with Gasteiger partial charge in [-0.25, -0.2) is 0 Å². The molecule has 14 heteroatoms. The summed E-state index contributed by atoms with van der Waals surface area (Å²) in [6.45, 7) is 3.34. The largest absolute Gasteiger partial charge is 0.465 e. The predicted molar refractivity (Wildman–Crippen MR) is 157 cm³/mol. The average molecular weight is 663 g/mol. The summed E-state index contributed by atoms with van der Waals surface area (Å²) in [6, 6.07) is 10.1. The van der Waals surface area contributed by atoms with Crippen LogP contribution in [-0.4, -0.2) is 75.4 Å². The van der Waals surface area contributed by atoms with E-state index in [1.54, 1.807) is 0 Å². The van der Waals surface area contributed by atoms with Crippen molar-refractivity contribution >= 4 is 17.8 Å². The first-order chi connectivity index (χ1) is 21.8. The second-order valence-corrected chi connectivity index (χ2v) is 10.5. The Labute approximate surface area is 264 Å². The van der Waals surface area contributed by atoms with E-state index in [1.165, 1.54) is 12.0 Å². The highest BCUT2D eigenvalue weighted by atomic mass is 19.4. The molecule has 1 fully saturated rings. The van der Waals surface area contributed by atoms with Gasteiger partial charge in [0.25, 0.3) is 5.91 Å². The lowest BCUT2D eigenvalue weighted by Gasteiger charge is -2.36. The lowest BCUT2D eigenvalue weighted by molar-refractivity contribution is -0.145. The topological polar surface area (TPSA) is 94.2 Å². The molecule has 1 atom stereocenters. The second-order valence-electron chi connectivity index (χ2n) is 10.5. The van der Waals surface area contributed by atoms with Crippen LogP contribution in [0.25, 0.3) is 0 Å². The number of halogens is 6. The van der Waals surface area contributed by atoms with E-state index in [-0.39, 0.29) is 37.8 Å². The molecule has 0 saturated carbocycles. The SMILES string of the molecule is CCCCOC(=O)CNCC(=O)OCCOC.O=C(c1cc(C(F)(F)F)cc(C(F)(F)F)c1)N1CCCC[C@H]1Cc1ccccc1. The van der Waals surface area contributed by atoms with Crippen LogP contribution >= 0.6 is 0 Å². The number of hydrogen-bond donors (Lipinski definition) is 1. The van der Waals surface area contributed by atoms with Gasteiger partial charge in [-0.2, -0.15) is 26.3 Å². The number of ether oxygens (including phenoxy) is 3. The predicted octanol–water partition coefficient (Wildman–Crippen LogP) is 6.07. The monoisotopic (exact) mass is 662 g/mol. The number of rotatable bonds is 13. The molecule has 0 spiro atoms. The maximum atomic E-state index is 13.1. The number of likely N-dealkylation sites (tertiary alicyclic amines) is 1. The quantitative estimate of drug-likeness (QED) is 0.158. The van der Waals surface area contributed by atoms with Crippen molar-refractivity contribution in [3.8, 4) is 0 Å². The van der Waals surface area contributed by atoms with E-state index < -0.39 is 40.9 Å². The highest BCUT2D eigenvalue weighted by molar-refractivity contribution is 5.95. The Kier molecular flexibility index (Phi) is 16.0. The van der Waals surface area contributed by atoms with Crippen LogP contribution in [-0.2, 0) is 42.6 Å². The van der Waals surface area contributed by atoms with Crippen LogP contribution in [0.2, 0.25) is 0 Å². The maximum Gasteiger partial charge on any atom is 0.416 e. The molecule has 0 bridgehead atoms. The smallest absolute Gasteiger partial charge is 0.416 e. The van der Waals surface area contributed by atoms with Crippen molar-refractivity contribution in [2.45, 2.75) is 63.8 Å². The van der Waals surface area contributed by atoms with E-state index in [0.717, 1.165) is 24.8 Å². The summed E-state index contributed by atoms with van der Waals surface area (Å²) in [5.41, 5.74) is -2.59. The molecule has 46 heavy (non-hydrogen) atoms. The maximum absolute atomic E-state index is 13.1. The molecule has 0 aromatic heterocycles. The average Bonchev–Trinajstić information content (AvgIpc) is 3.01. The zero-order chi connectivity index (χ0) is 34.2. The van der Waals surface area contributed by atoms with Crippen LogP contribution < -0.4 is 5.32 Å². The molecule has 1 aliphatic rings. The fourth-order valence-corrected chi connectivity index (χ4v) is 4.55. The van der Waals surface area contributed by atoms with Crippen molar-refractivity contribution in [3.05, 3.63) is 70.8 Å². The first kappa shape index (κ1) is 38.5. The number of methoxy groups -OCH3 is 1. The molecule has 1 heterocycles. The van der Waals surface area contributed by atoms with E-state index in [9.17, 15) is 40.7 Å². The van der Waals surface area contributed by atoms with Crippen LogP contribution in [0.3, 0.4) is 0 Å². The van der Waals surface area contributed by atoms with Crippen molar-refractivity contribution in [2.75, 3.05) is 46.6 Å². The molecular weight excluding hydrogens is 622 g/mol. The Morgan fingerprint density at radius 2 is 1.43 bits per heavy atom. The lowest BCUT2D eigenvalue weighted by atomic mass is 9.94. The van der Waals surface area contributed by atoms with Gasteiger partial charge in [0.1, 0.15) is 6.61 Å². The van der Waals surface area contributed by atoms with E-state index >= 15 is 0 Å². The van der Waals surface area contributed by atoms with Crippen LogP contribution in [0.4, 0.5) is 26.3 Å². The fourth-order valence-electron chi connectivity index (χ4n) is 4.55. The Bertz CT molecular complexity index is 1190. The van der Waals surface area contributed by atoms with E-state index in [2.05, 4.69) is 5.32 Å². The Hall–Kier alpha value is -3.65. The first-order valence-electron chi connectivity index (χ1n) is 14.9. The summed E-state index contributed by atoms with van der Waals surface area (Å²) in [6.07, 6.45) is -5.50. The van der Waals surface area contributed by atoms with E-state index in [1.807, 2.05) is 37.3 Å². The van der Waals surface area contributed by atoms with Crippen LogP contribution in [0.15, 0.2) is 48.5 Å². The van der Waals surface area contributed by atoms with Gasteiger partial charge in [-0.05, 0) is 55.9 Å². The summed E-state index contributed by atoms with van der Waals surface area (Å²) in [7, 11) is 1.53. The van der Waals surface area contributed by atoms with Gasteiger partial charge in [-0.3, -0.25) is 19.7 Å². The van der Waals surface area contributed by atoms with Gasteiger partial charge >= 0.3 is 24.3 Å². The highest BCUT2D eigenvalue weighted by Gasteiger charge is 2.38. The van der Waals surface area contributed by atoms with Gasteiger partial charge in [0, 0.05) is 25.3 Å². The zero-order valence-corrected chi connectivity index (χ0v) is 25.8. The standard InChI is InChI=1S/C21H19F6NO.C11H21NO5/c22-20(23,24)16-11-15(12-17(13-16)21(25,26)27)19(29)28-9-5-4-8-18(28)10-14-6-2-1-3-7-14;1-3-4-5-16-10(13)8-12-9-11(14)17-7-6-15-2/h1-3,6-7,11-13,18H,4-5,8-10H2;12H,3-9H2,1-2H3/t18-;/m0./s1. The second kappa shape index (κ2) is 19.1. The molecule has 0 unspecified atom stereocenters. The van der Waals surface area contributed by atoms with Gasteiger partial charge in [0.15, 0.2) is 0 Å². The third kappa shape index (κ3) is 13.8. The number of benzene rings is 2. The summed E-state index contributed by atoms with van der Waals surface area (Å²) >= 11 is 0. The summed E-state index contributed by atoms with van der Waals surface area (Å²) < 4.78 is 93.1. The minimum absolute atomic E-state index is 0.00735. The van der Waals surface area contributed by atoms with Gasteiger partial charge in [0.05, 0.1) is 37.4 Å². The lowest BCUT2D eigenvalue weighted by Crippen LogP contribution is -2.45. The molecule has 8 nitrogen and oxygen atoms in total. The third-order valence-corrected chi connectivity index (χ3v) is 6.89. The van der Waals surface area contributed by atoms with Gasteiger partial charge in [-0.15, -0.1) is 0 Å². The number of amides is 1. The Balaban J connectivity index is 0.000000372. The van der Waals surface area contributed by atoms with Crippen LogP contribution in [0.5, 0.6) is 0 Å². The summed E-state index contributed by atoms with van der Waals surface area (Å²) in [4.78, 5) is 36.5. The fraction of sp³-hybridized carbons (Fsp3) is 0.531. The Morgan fingerprint density at radius 3 is 1.98 bits per heavy atom. The number of nitrogens with zero attached hydrogens (tertiary/aromatic N) is 1. The van der Waals surface area contributed by atoms with Gasteiger partial charge < -0.3 is 19.1 Å². The third-order valence-electron chi connectivity index (χ3n) is 6.89. The molecule has 3 rings (SSSR count). The minimum atomic E-state index is -4.98. The first-order valence-corrected chi connectivity index (χ1v) is 14.9.